The first kappa shape index (κ1) is 25.4. The number of benzene rings is 1. The molecule has 0 radical (unpaired) electrons. The number of alkyl halides is 3. The Morgan fingerprint density at radius 1 is 1.22 bits per heavy atom. The van der Waals surface area contributed by atoms with E-state index in [1.54, 1.807) is 4.90 Å². The van der Waals surface area contributed by atoms with Gasteiger partial charge in [0.25, 0.3) is 0 Å². The molecule has 2 aliphatic carbocycles. The monoisotopic (exact) mass is 507 g/mol. The number of anilines is 1. The number of hydrogen-bond donors (Lipinski definition) is 2. The Bertz CT molecular complexity index is 1070. The van der Waals surface area contributed by atoms with Crippen molar-refractivity contribution in [1.82, 2.24) is 9.88 Å². The summed E-state index contributed by atoms with van der Waals surface area (Å²) >= 11 is 0. The Hall–Kier alpha value is -2.26. The zero-order valence-corrected chi connectivity index (χ0v) is 21.0. The van der Waals surface area contributed by atoms with Crippen molar-refractivity contribution < 1.29 is 27.4 Å². The van der Waals surface area contributed by atoms with E-state index in [-0.39, 0.29) is 16.7 Å². The van der Waals surface area contributed by atoms with Gasteiger partial charge >= 0.3 is 6.18 Å². The molecule has 6 nitrogen and oxygen atoms in total. The Morgan fingerprint density at radius 3 is 2.50 bits per heavy atom. The maximum absolute atomic E-state index is 12.7. The molecule has 2 unspecified atom stereocenters. The van der Waals surface area contributed by atoms with Gasteiger partial charge in [-0.3, -0.25) is 9.69 Å². The summed E-state index contributed by atoms with van der Waals surface area (Å²) in [6, 6.07) is 5.87. The van der Waals surface area contributed by atoms with Crippen LogP contribution in [0, 0.1) is 22.7 Å². The number of halogens is 3. The first-order chi connectivity index (χ1) is 17.1. The first-order valence-electron chi connectivity index (χ1n) is 13.0. The number of ether oxygens (including phenoxy) is 2. The second-order valence-corrected chi connectivity index (χ2v) is 11.5. The van der Waals surface area contributed by atoms with Crippen molar-refractivity contribution in [3.8, 4) is 5.75 Å². The lowest BCUT2D eigenvalue weighted by Crippen LogP contribution is -2.60. The highest BCUT2D eigenvalue weighted by Crippen LogP contribution is 2.58. The summed E-state index contributed by atoms with van der Waals surface area (Å²) < 4.78 is 47.0. The summed E-state index contributed by atoms with van der Waals surface area (Å²) in [6.45, 7) is 6.88. The molecule has 36 heavy (non-hydrogen) atoms. The third kappa shape index (κ3) is 5.23. The number of likely N-dealkylation sites (tertiary alicyclic amines) is 1. The number of hydrogen-bond acceptors (Lipinski definition) is 4. The molecule has 1 aromatic heterocycles. The smallest absolute Gasteiger partial charge is 0.401 e. The largest absolute Gasteiger partial charge is 0.494 e. The molecule has 1 aromatic carbocycles. The van der Waals surface area contributed by atoms with Crippen LogP contribution in [0.3, 0.4) is 0 Å². The molecular formula is C27H36F3N3O3. The van der Waals surface area contributed by atoms with Crippen molar-refractivity contribution in [2.24, 2.45) is 22.7 Å². The van der Waals surface area contributed by atoms with Gasteiger partial charge in [-0.05, 0) is 62.6 Å². The molecule has 2 N–H and O–H groups in total. The van der Waals surface area contributed by atoms with Crippen molar-refractivity contribution in [3.63, 3.8) is 0 Å². The van der Waals surface area contributed by atoms with Crippen LogP contribution < -0.4 is 10.1 Å². The molecule has 2 atom stereocenters. The van der Waals surface area contributed by atoms with Crippen LogP contribution in [0.2, 0.25) is 0 Å². The summed E-state index contributed by atoms with van der Waals surface area (Å²) in [5.74, 6) is 2.03. The second-order valence-electron chi connectivity index (χ2n) is 11.5. The minimum Gasteiger partial charge on any atom is -0.494 e. The molecule has 1 spiro atoms. The van der Waals surface area contributed by atoms with E-state index in [1.807, 2.05) is 38.2 Å². The van der Waals surface area contributed by atoms with Crippen LogP contribution in [-0.2, 0) is 9.53 Å². The summed E-state index contributed by atoms with van der Waals surface area (Å²) in [7, 11) is 0. The topological polar surface area (TPSA) is 66.6 Å². The maximum atomic E-state index is 12.7. The molecule has 4 aliphatic rings. The predicted octanol–water partition coefficient (Wildman–Crippen LogP) is 5.60. The molecule has 2 saturated heterocycles. The number of carbonyl (C=O) groups excluding carboxylic acids is 1. The van der Waals surface area contributed by atoms with Crippen molar-refractivity contribution >= 4 is 22.5 Å². The van der Waals surface area contributed by atoms with Crippen LogP contribution in [0.25, 0.3) is 10.9 Å². The number of rotatable bonds is 5. The van der Waals surface area contributed by atoms with Gasteiger partial charge in [-0.2, -0.15) is 13.2 Å². The molecule has 0 bridgehead atoms. The molecule has 2 aromatic rings. The molecule has 2 aliphatic heterocycles. The lowest BCUT2D eigenvalue weighted by Gasteiger charge is -2.58. The summed E-state index contributed by atoms with van der Waals surface area (Å²) in [4.78, 5) is 17.5. The van der Waals surface area contributed by atoms with Crippen molar-refractivity contribution in [2.75, 3.05) is 44.8 Å². The predicted molar refractivity (Wildman–Crippen MR) is 132 cm³/mol. The second kappa shape index (κ2) is 9.56. The van der Waals surface area contributed by atoms with Gasteiger partial charge in [0, 0.05) is 41.0 Å². The minimum absolute atomic E-state index is 0.0951. The van der Waals surface area contributed by atoms with E-state index in [4.69, 9.17) is 9.47 Å². The van der Waals surface area contributed by atoms with E-state index in [0.29, 0.717) is 31.5 Å². The number of aromatic nitrogens is 1. The van der Waals surface area contributed by atoms with Crippen LogP contribution in [0.4, 0.5) is 18.9 Å². The fourth-order valence-electron chi connectivity index (χ4n) is 6.81. The highest BCUT2D eigenvalue weighted by atomic mass is 19.4. The van der Waals surface area contributed by atoms with E-state index in [0.717, 1.165) is 61.2 Å². The first-order valence-corrected chi connectivity index (χ1v) is 13.0. The molecule has 6 rings (SSSR count). The molecule has 198 valence electrons. The average molecular weight is 508 g/mol. The highest BCUT2D eigenvalue weighted by Gasteiger charge is 2.59. The summed E-state index contributed by atoms with van der Waals surface area (Å²) in [5, 5.41) is 4.08. The summed E-state index contributed by atoms with van der Waals surface area (Å²) in [6.07, 6.45) is 3.16. The quantitative estimate of drug-likeness (QED) is 0.553. The molecule has 9 heteroatoms. The zero-order chi connectivity index (χ0) is 25.6. The molecule has 3 heterocycles. The van der Waals surface area contributed by atoms with E-state index in [1.165, 1.54) is 6.42 Å². The van der Waals surface area contributed by atoms with Gasteiger partial charge in [0.2, 0.25) is 5.91 Å². The molecule has 2 saturated carbocycles. The van der Waals surface area contributed by atoms with Crippen LogP contribution >= 0.6 is 0 Å². The van der Waals surface area contributed by atoms with Gasteiger partial charge in [0.05, 0.1) is 32.1 Å². The number of nitrogens with zero attached hydrogens (tertiary/aromatic N) is 1. The lowest BCUT2D eigenvalue weighted by atomic mass is 9.52. The van der Waals surface area contributed by atoms with Crippen LogP contribution in [0.1, 0.15) is 46.0 Å². The molecular weight excluding hydrogens is 471 g/mol. The van der Waals surface area contributed by atoms with Crippen molar-refractivity contribution in [2.45, 2.75) is 52.1 Å². The Kier molecular flexibility index (Phi) is 6.74. The van der Waals surface area contributed by atoms with Crippen molar-refractivity contribution in [3.05, 3.63) is 24.4 Å². The van der Waals surface area contributed by atoms with Gasteiger partial charge in [-0.25, -0.2) is 0 Å². The third-order valence-corrected chi connectivity index (χ3v) is 8.31. The number of H-pyrrole nitrogens is 1. The van der Waals surface area contributed by atoms with E-state index in [2.05, 4.69) is 10.3 Å². The van der Waals surface area contributed by atoms with E-state index < -0.39 is 12.7 Å². The van der Waals surface area contributed by atoms with Gasteiger partial charge in [0.1, 0.15) is 5.75 Å². The zero-order valence-electron chi connectivity index (χ0n) is 21.0. The summed E-state index contributed by atoms with van der Waals surface area (Å²) in [5.41, 5.74) is 1.80. The van der Waals surface area contributed by atoms with Crippen LogP contribution in [0.5, 0.6) is 5.75 Å². The minimum atomic E-state index is -4.02. The van der Waals surface area contributed by atoms with E-state index >= 15 is 0 Å². The average Bonchev–Trinajstić information content (AvgIpc) is 3.45. The third-order valence-electron chi connectivity index (χ3n) is 8.31. The van der Waals surface area contributed by atoms with Gasteiger partial charge in [-0.1, -0.05) is 13.3 Å². The molecule has 4 fully saturated rings. The Morgan fingerprint density at radius 2 is 1.92 bits per heavy atom. The Labute approximate surface area is 209 Å². The van der Waals surface area contributed by atoms with Crippen molar-refractivity contribution in [1.29, 1.82) is 0 Å². The number of carbonyl (C=O) groups is 1. The lowest BCUT2D eigenvalue weighted by molar-refractivity contribution is -0.205. The van der Waals surface area contributed by atoms with Crippen LogP contribution in [-0.4, -0.2) is 61.4 Å². The highest BCUT2D eigenvalue weighted by molar-refractivity contribution is 6.04. The standard InChI is InChI=1S/C18H22N2O3.C9H14F3N/c1-3-23-12-4-5-14-13(6-12)15(7-19-14)20-16(21)17(2)8-18(9-17)10-22-11-18;10-9(11,12)6-13-4-7-2-1-3-8(7)5-13/h4-7,19H,3,8-11H2,1-2H3,(H,20,21);7-8H,1-6H2. The van der Waals surface area contributed by atoms with Crippen LogP contribution in [0.15, 0.2) is 24.4 Å². The van der Waals surface area contributed by atoms with Gasteiger partial charge in [-0.15, -0.1) is 0 Å². The van der Waals surface area contributed by atoms with E-state index in [9.17, 15) is 18.0 Å². The Balaban J connectivity index is 0.000000174. The van der Waals surface area contributed by atoms with Gasteiger partial charge in [0.15, 0.2) is 0 Å². The maximum Gasteiger partial charge on any atom is 0.401 e. The SMILES string of the molecule is CCOc1ccc2[nH]cc(NC(=O)C3(C)CC4(COC4)C3)c2c1.FC(F)(F)CN1CC2CCCC2C1. The van der Waals surface area contributed by atoms with Gasteiger partial charge < -0.3 is 19.8 Å². The fraction of sp³-hybridized carbons (Fsp3) is 0.667. The number of nitrogens with one attached hydrogen (secondary N) is 2. The normalized spacial score (nSPS) is 26.0. The number of amides is 1. The fourth-order valence-corrected chi connectivity index (χ4v) is 6.81. The number of fused-ring (bicyclic) bond motifs is 2. The number of aromatic amines is 1. The molecule has 1 amide bonds.